The lowest BCUT2D eigenvalue weighted by Gasteiger charge is -2.12. The van der Waals surface area contributed by atoms with Crippen LogP contribution in [0.15, 0.2) is 36.4 Å². The van der Waals surface area contributed by atoms with Crippen molar-refractivity contribution >= 4 is 22.6 Å². The summed E-state index contributed by atoms with van der Waals surface area (Å²) in [5, 5.41) is 21.4. The largest absolute Gasteiger partial charge is 0.477 e. The number of fused-ring (bicyclic) bond motifs is 3. The molecule has 8 heteroatoms. The quantitative estimate of drug-likeness (QED) is 0.550. The predicted molar refractivity (Wildman–Crippen MR) is 102 cm³/mol. The smallest absolute Gasteiger partial charge is 0.342 e. The molecule has 7 nitrogen and oxygen atoms in total. The summed E-state index contributed by atoms with van der Waals surface area (Å²) in [5.41, 5.74) is 2.40. The molecule has 0 atom stereocenters. The third-order valence-electron chi connectivity index (χ3n) is 5.19. The van der Waals surface area contributed by atoms with Gasteiger partial charge in [0.05, 0.1) is 16.1 Å². The van der Waals surface area contributed by atoms with Crippen LogP contribution in [0.25, 0.3) is 16.6 Å². The van der Waals surface area contributed by atoms with Crippen LogP contribution in [0.2, 0.25) is 0 Å². The van der Waals surface area contributed by atoms with Gasteiger partial charge in [-0.1, -0.05) is 0 Å². The third-order valence-corrected chi connectivity index (χ3v) is 5.19. The number of nitro benzene ring substituents is 1. The lowest BCUT2D eigenvalue weighted by atomic mass is 10.1. The van der Waals surface area contributed by atoms with Gasteiger partial charge in [-0.15, -0.1) is 0 Å². The summed E-state index contributed by atoms with van der Waals surface area (Å²) in [4.78, 5) is 24.2. The zero-order valence-corrected chi connectivity index (χ0v) is 15.2. The number of benzene rings is 2. The zero-order valence-electron chi connectivity index (χ0n) is 15.2. The Hall–Kier alpha value is -3.26. The van der Waals surface area contributed by atoms with E-state index in [0.29, 0.717) is 12.2 Å². The molecule has 1 aliphatic heterocycles. The van der Waals surface area contributed by atoms with Crippen LogP contribution in [0, 0.1) is 15.9 Å². The fourth-order valence-corrected chi connectivity index (χ4v) is 3.97. The van der Waals surface area contributed by atoms with Crippen molar-refractivity contribution in [2.24, 2.45) is 0 Å². The molecule has 1 N–H and O–H groups in total. The van der Waals surface area contributed by atoms with E-state index < -0.39 is 16.6 Å². The SMILES string of the molecule is CN1CCCc2c(c3cc(F)ccc3n2-c2ccc(C(=O)O)c([N+](=O)[O-])c2)C1. The molecule has 144 valence electrons. The van der Waals surface area contributed by atoms with Gasteiger partial charge in [0.1, 0.15) is 11.4 Å². The van der Waals surface area contributed by atoms with Crippen molar-refractivity contribution in [3.05, 3.63) is 69.2 Å². The standard InChI is InChI=1S/C20H18FN3O4/c1-22-8-2-3-17-16(11-22)15-9-12(21)4-7-18(15)23(17)13-5-6-14(20(25)26)19(10-13)24(27)28/h4-7,9-10H,2-3,8,11H2,1H3,(H,25,26). The molecule has 0 bridgehead atoms. The number of nitrogens with zero attached hydrogens (tertiary/aromatic N) is 3. The molecule has 1 aliphatic rings. The zero-order chi connectivity index (χ0) is 20.0. The Morgan fingerprint density at radius 2 is 2.04 bits per heavy atom. The summed E-state index contributed by atoms with van der Waals surface area (Å²) in [6, 6.07) is 8.61. The fourth-order valence-electron chi connectivity index (χ4n) is 3.97. The minimum Gasteiger partial charge on any atom is -0.477 e. The number of aromatic carboxylic acids is 1. The number of aromatic nitrogens is 1. The van der Waals surface area contributed by atoms with Crippen LogP contribution >= 0.6 is 0 Å². The van der Waals surface area contributed by atoms with Gasteiger partial charge in [-0.05, 0) is 62.3 Å². The van der Waals surface area contributed by atoms with Gasteiger partial charge in [-0.25, -0.2) is 9.18 Å². The van der Waals surface area contributed by atoms with Crippen molar-refractivity contribution in [2.45, 2.75) is 19.4 Å². The van der Waals surface area contributed by atoms with E-state index in [1.807, 2.05) is 11.6 Å². The Kier molecular flexibility index (Phi) is 4.35. The summed E-state index contributed by atoms with van der Waals surface area (Å²) >= 11 is 0. The Labute approximate surface area is 159 Å². The number of carbonyl (C=O) groups is 1. The second-order valence-corrected chi connectivity index (χ2v) is 7.03. The number of carboxylic acids is 1. The van der Waals surface area contributed by atoms with E-state index in [1.54, 1.807) is 12.1 Å². The number of hydrogen-bond acceptors (Lipinski definition) is 4. The van der Waals surface area contributed by atoms with E-state index in [-0.39, 0.29) is 11.4 Å². The number of halogens is 1. The molecular formula is C20H18FN3O4. The molecule has 3 aromatic rings. The summed E-state index contributed by atoms with van der Waals surface area (Å²) in [7, 11) is 2.00. The van der Waals surface area contributed by atoms with Crippen molar-refractivity contribution in [3.63, 3.8) is 0 Å². The van der Waals surface area contributed by atoms with Crippen LogP contribution in [0.5, 0.6) is 0 Å². The van der Waals surface area contributed by atoms with E-state index in [1.165, 1.54) is 24.3 Å². The molecule has 0 amide bonds. The normalized spacial score (nSPS) is 14.6. The van der Waals surface area contributed by atoms with Gasteiger partial charge < -0.3 is 14.6 Å². The first kappa shape index (κ1) is 18.1. The monoisotopic (exact) mass is 383 g/mol. The van der Waals surface area contributed by atoms with Crippen molar-refractivity contribution in [3.8, 4) is 5.69 Å². The summed E-state index contributed by atoms with van der Waals surface area (Å²) in [6.45, 7) is 1.54. The molecule has 0 unspecified atom stereocenters. The topological polar surface area (TPSA) is 88.6 Å². The van der Waals surface area contributed by atoms with Crippen LogP contribution in [0.1, 0.15) is 28.0 Å². The number of nitro groups is 1. The maximum Gasteiger partial charge on any atom is 0.342 e. The first-order valence-corrected chi connectivity index (χ1v) is 8.89. The molecule has 1 aromatic heterocycles. The molecule has 0 radical (unpaired) electrons. The third kappa shape index (κ3) is 2.91. The van der Waals surface area contributed by atoms with Crippen molar-refractivity contribution in [1.29, 1.82) is 0 Å². The van der Waals surface area contributed by atoms with Crippen LogP contribution in [0.4, 0.5) is 10.1 Å². The minimum absolute atomic E-state index is 0.341. The van der Waals surface area contributed by atoms with Crippen molar-refractivity contribution in [1.82, 2.24) is 9.47 Å². The van der Waals surface area contributed by atoms with E-state index in [0.717, 1.165) is 41.5 Å². The van der Waals surface area contributed by atoms with Crippen LogP contribution in [0.3, 0.4) is 0 Å². The average molecular weight is 383 g/mol. The van der Waals surface area contributed by atoms with E-state index >= 15 is 0 Å². The Morgan fingerprint density at radius 1 is 1.25 bits per heavy atom. The molecule has 0 spiro atoms. The summed E-state index contributed by atoms with van der Waals surface area (Å²) in [5.74, 6) is -1.69. The number of hydrogen-bond donors (Lipinski definition) is 1. The van der Waals surface area contributed by atoms with Crippen LogP contribution < -0.4 is 0 Å². The molecule has 0 saturated heterocycles. The Bertz CT molecular complexity index is 1120. The molecule has 0 saturated carbocycles. The Morgan fingerprint density at radius 3 is 2.75 bits per heavy atom. The Balaban J connectivity index is 2.02. The van der Waals surface area contributed by atoms with Gasteiger partial charge in [0.25, 0.3) is 5.69 Å². The van der Waals surface area contributed by atoms with Gasteiger partial charge in [-0.2, -0.15) is 0 Å². The molecule has 2 heterocycles. The second kappa shape index (κ2) is 6.72. The maximum absolute atomic E-state index is 14.0. The highest BCUT2D eigenvalue weighted by Gasteiger charge is 2.25. The van der Waals surface area contributed by atoms with Crippen molar-refractivity contribution in [2.75, 3.05) is 13.6 Å². The first-order valence-electron chi connectivity index (χ1n) is 8.89. The molecule has 0 aliphatic carbocycles. The summed E-state index contributed by atoms with van der Waals surface area (Å²) < 4.78 is 15.8. The molecule has 28 heavy (non-hydrogen) atoms. The highest BCUT2D eigenvalue weighted by atomic mass is 19.1. The van der Waals surface area contributed by atoms with Gasteiger partial charge in [-0.3, -0.25) is 10.1 Å². The first-order chi connectivity index (χ1) is 13.4. The maximum atomic E-state index is 14.0. The second-order valence-electron chi connectivity index (χ2n) is 7.03. The lowest BCUT2D eigenvalue weighted by Crippen LogP contribution is -2.17. The van der Waals surface area contributed by atoms with Crippen LogP contribution in [-0.4, -0.2) is 39.1 Å². The minimum atomic E-state index is -1.35. The number of carboxylic acid groups (broad SMARTS) is 1. The lowest BCUT2D eigenvalue weighted by molar-refractivity contribution is -0.385. The summed E-state index contributed by atoms with van der Waals surface area (Å²) in [6.07, 6.45) is 1.64. The van der Waals surface area contributed by atoms with E-state index in [4.69, 9.17) is 0 Å². The van der Waals surface area contributed by atoms with Crippen molar-refractivity contribution < 1.29 is 19.2 Å². The van der Waals surface area contributed by atoms with E-state index in [2.05, 4.69) is 4.90 Å². The average Bonchev–Trinajstić information content (AvgIpc) is 2.80. The van der Waals surface area contributed by atoms with E-state index in [9.17, 15) is 24.4 Å². The predicted octanol–water partition coefficient (Wildman–Crippen LogP) is 3.75. The van der Waals surface area contributed by atoms with Crippen LogP contribution in [-0.2, 0) is 13.0 Å². The molecule has 0 fully saturated rings. The molecule has 4 rings (SSSR count). The van der Waals surface area contributed by atoms with Gasteiger partial charge in [0.15, 0.2) is 0 Å². The molecule has 2 aromatic carbocycles. The van der Waals surface area contributed by atoms with Gasteiger partial charge >= 0.3 is 5.97 Å². The fraction of sp³-hybridized carbons (Fsp3) is 0.250. The van der Waals surface area contributed by atoms with Gasteiger partial charge in [0.2, 0.25) is 0 Å². The highest BCUT2D eigenvalue weighted by molar-refractivity contribution is 5.93. The molecular weight excluding hydrogens is 365 g/mol. The highest BCUT2D eigenvalue weighted by Crippen LogP contribution is 2.35. The number of rotatable bonds is 3. The van der Waals surface area contributed by atoms with Gasteiger partial charge in [0, 0.05) is 23.7 Å².